The zero-order chi connectivity index (χ0) is 19.2. The summed E-state index contributed by atoms with van der Waals surface area (Å²) in [6, 6.07) is 42.0. The van der Waals surface area contributed by atoms with Crippen molar-refractivity contribution in [1.82, 2.24) is 0 Å². The van der Waals surface area contributed by atoms with Crippen molar-refractivity contribution >= 4 is 23.8 Å². The Balaban J connectivity index is 1.79. The second-order valence-corrected chi connectivity index (χ2v) is 9.19. The molecule has 138 valence electrons. The number of rotatable bonds is 6. The summed E-state index contributed by atoms with van der Waals surface area (Å²) in [5, 5.41) is 4.21. The molecule has 0 aliphatic rings. The average Bonchev–Trinajstić information content (AvgIpc) is 2.77. The topological polar surface area (TPSA) is 0 Å². The fourth-order valence-electron chi connectivity index (χ4n) is 3.83. The zero-order valence-corrected chi connectivity index (χ0v) is 17.1. The third-order valence-corrected chi connectivity index (χ3v) is 7.59. The summed E-state index contributed by atoms with van der Waals surface area (Å²) >= 11 is 0. The van der Waals surface area contributed by atoms with Gasteiger partial charge >= 0.3 is 0 Å². The first-order valence-electron chi connectivity index (χ1n) is 9.92. The lowest BCUT2D eigenvalue weighted by atomic mass is 9.89. The van der Waals surface area contributed by atoms with Crippen molar-refractivity contribution in [2.24, 2.45) is 0 Å². The highest BCUT2D eigenvalue weighted by Gasteiger charge is 2.18. The van der Waals surface area contributed by atoms with E-state index < -0.39 is 7.92 Å². The minimum Gasteiger partial charge on any atom is -0.0645 e. The zero-order valence-electron chi connectivity index (χ0n) is 16.2. The Hall–Kier alpha value is -2.69. The summed E-state index contributed by atoms with van der Waals surface area (Å²) in [4.78, 5) is 0. The number of hydrogen-bond donors (Lipinski definition) is 0. The van der Waals surface area contributed by atoms with Crippen molar-refractivity contribution in [3.63, 3.8) is 0 Å². The molecule has 1 atom stereocenters. The van der Waals surface area contributed by atoms with E-state index in [2.05, 4.69) is 122 Å². The maximum Gasteiger partial charge on any atom is 0.00869 e. The quantitative estimate of drug-likeness (QED) is 0.361. The van der Waals surface area contributed by atoms with Gasteiger partial charge in [-0.2, -0.15) is 0 Å². The molecule has 0 bridgehead atoms. The molecular weight excluding hydrogens is 355 g/mol. The molecule has 0 aromatic heterocycles. The molecule has 0 fully saturated rings. The number of hydrogen-bond acceptors (Lipinski definition) is 0. The average molecular weight is 380 g/mol. The summed E-state index contributed by atoms with van der Waals surface area (Å²) in [5.74, 6) is 0.435. The van der Waals surface area contributed by atoms with Gasteiger partial charge in [-0.3, -0.25) is 0 Å². The minimum absolute atomic E-state index is 0.435. The molecule has 28 heavy (non-hydrogen) atoms. The van der Waals surface area contributed by atoms with Crippen LogP contribution in [-0.4, -0.2) is 0 Å². The van der Waals surface area contributed by atoms with Crippen LogP contribution in [-0.2, 0) is 0 Å². The maximum absolute atomic E-state index is 2.44. The van der Waals surface area contributed by atoms with Gasteiger partial charge in [0.25, 0.3) is 0 Å². The molecule has 1 unspecified atom stereocenters. The monoisotopic (exact) mass is 380 g/mol. The molecule has 0 nitrogen and oxygen atoms in total. The van der Waals surface area contributed by atoms with E-state index in [-0.39, 0.29) is 0 Å². The van der Waals surface area contributed by atoms with Crippen LogP contribution >= 0.6 is 7.92 Å². The fourth-order valence-corrected chi connectivity index (χ4v) is 6.18. The fraction of sp³-hybridized carbons (Fsp3) is 0.111. The predicted molar refractivity (Wildman–Crippen MR) is 124 cm³/mol. The van der Waals surface area contributed by atoms with Gasteiger partial charge in [0.2, 0.25) is 0 Å². The van der Waals surface area contributed by atoms with Crippen LogP contribution in [0, 0.1) is 0 Å². The van der Waals surface area contributed by atoms with E-state index in [0.717, 1.165) is 6.42 Å². The second-order valence-electron chi connectivity index (χ2n) is 6.97. The van der Waals surface area contributed by atoms with E-state index in [1.807, 2.05) is 0 Å². The lowest BCUT2D eigenvalue weighted by Gasteiger charge is -2.22. The Morgan fingerprint density at radius 1 is 0.536 bits per heavy atom. The lowest BCUT2D eigenvalue weighted by molar-refractivity contribution is 0.778. The van der Waals surface area contributed by atoms with Crippen molar-refractivity contribution in [1.29, 1.82) is 0 Å². The molecule has 4 aromatic rings. The smallest absolute Gasteiger partial charge is 0.00869 e. The first kappa shape index (κ1) is 18.7. The summed E-state index contributed by atoms with van der Waals surface area (Å²) in [6.45, 7) is 2.28. The Morgan fingerprint density at radius 3 is 1.54 bits per heavy atom. The molecule has 0 saturated heterocycles. The van der Waals surface area contributed by atoms with Crippen LogP contribution in [0.5, 0.6) is 0 Å². The van der Waals surface area contributed by atoms with Crippen LogP contribution in [0.25, 0.3) is 0 Å². The molecule has 0 heterocycles. The minimum atomic E-state index is -0.561. The van der Waals surface area contributed by atoms with Gasteiger partial charge in [0.1, 0.15) is 0 Å². The van der Waals surface area contributed by atoms with E-state index in [4.69, 9.17) is 0 Å². The van der Waals surface area contributed by atoms with Gasteiger partial charge in [0.05, 0.1) is 0 Å². The van der Waals surface area contributed by atoms with E-state index in [1.165, 1.54) is 27.0 Å². The van der Waals surface area contributed by atoms with Crippen LogP contribution in [0.2, 0.25) is 0 Å². The van der Waals surface area contributed by atoms with E-state index in [0.29, 0.717) is 5.92 Å². The van der Waals surface area contributed by atoms with Crippen LogP contribution in [0.1, 0.15) is 30.4 Å². The van der Waals surface area contributed by atoms with Crippen LogP contribution in [0.15, 0.2) is 115 Å². The van der Waals surface area contributed by atoms with Crippen LogP contribution in [0.4, 0.5) is 0 Å². The first-order valence-corrected chi connectivity index (χ1v) is 11.3. The second kappa shape index (κ2) is 9.00. The summed E-state index contributed by atoms with van der Waals surface area (Å²) < 4.78 is 0. The largest absolute Gasteiger partial charge is 0.0645 e. The van der Waals surface area contributed by atoms with Gasteiger partial charge in [-0.05, 0) is 41.4 Å². The molecule has 0 aliphatic carbocycles. The molecule has 0 radical (unpaired) electrons. The highest BCUT2D eigenvalue weighted by atomic mass is 31.1. The van der Waals surface area contributed by atoms with Crippen molar-refractivity contribution in [2.75, 3.05) is 0 Å². The van der Waals surface area contributed by atoms with Gasteiger partial charge < -0.3 is 0 Å². The normalized spacial score (nSPS) is 12.1. The molecule has 0 spiro atoms. The van der Waals surface area contributed by atoms with Crippen molar-refractivity contribution in [2.45, 2.75) is 19.3 Å². The summed E-state index contributed by atoms with van der Waals surface area (Å²) in [5.41, 5.74) is 2.80. The van der Waals surface area contributed by atoms with Gasteiger partial charge in [0.15, 0.2) is 0 Å². The molecule has 0 N–H and O–H groups in total. The van der Waals surface area contributed by atoms with E-state index in [1.54, 1.807) is 0 Å². The van der Waals surface area contributed by atoms with Crippen molar-refractivity contribution < 1.29 is 0 Å². The first-order chi connectivity index (χ1) is 13.9. The Morgan fingerprint density at radius 2 is 1.00 bits per heavy atom. The molecule has 0 aliphatic heterocycles. The summed E-state index contributed by atoms with van der Waals surface area (Å²) in [6.07, 6.45) is 1.10. The van der Waals surface area contributed by atoms with Crippen molar-refractivity contribution in [3.05, 3.63) is 126 Å². The van der Waals surface area contributed by atoms with Gasteiger partial charge in [-0.25, -0.2) is 0 Å². The van der Waals surface area contributed by atoms with Gasteiger partial charge in [0, 0.05) is 5.92 Å². The SMILES string of the molecule is CCC(c1ccccc1)c1cccc(P(c2ccccc2)c2ccccc2)c1. The number of benzene rings is 4. The molecule has 0 amide bonds. The van der Waals surface area contributed by atoms with E-state index in [9.17, 15) is 0 Å². The Kier molecular flexibility index (Phi) is 6.00. The van der Waals surface area contributed by atoms with Crippen molar-refractivity contribution in [3.8, 4) is 0 Å². The molecule has 4 aromatic carbocycles. The maximum atomic E-state index is 2.44. The van der Waals surface area contributed by atoms with Gasteiger partial charge in [-0.1, -0.05) is 122 Å². The standard InChI is InChI=1S/C27H25P/c1-2-27(22-13-6-3-7-14-22)23-15-12-20-26(21-23)28(24-16-8-4-9-17-24)25-18-10-5-11-19-25/h3-21,27H,2H2,1H3. The van der Waals surface area contributed by atoms with Gasteiger partial charge in [-0.15, -0.1) is 0 Å². The lowest BCUT2D eigenvalue weighted by Crippen LogP contribution is -2.21. The Labute approximate surface area is 169 Å². The predicted octanol–water partition coefficient (Wildman–Crippen LogP) is 5.99. The van der Waals surface area contributed by atoms with Crippen LogP contribution in [0.3, 0.4) is 0 Å². The highest BCUT2D eigenvalue weighted by Crippen LogP contribution is 2.35. The summed E-state index contributed by atoms with van der Waals surface area (Å²) in [7, 11) is -0.561. The third-order valence-electron chi connectivity index (χ3n) is 5.17. The Bertz CT molecular complexity index is 954. The molecule has 1 heteroatoms. The van der Waals surface area contributed by atoms with Crippen LogP contribution < -0.4 is 15.9 Å². The molecule has 0 saturated carbocycles. The third kappa shape index (κ3) is 4.08. The molecular formula is C27H25P. The molecule has 4 rings (SSSR count). The van der Waals surface area contributed by atoms with E-state index >= 15 is 0 Å². The highest BCUT2D eigenvalue weighted by molar-refractivity contribution is 7.79.